The summed E-state index contributed by atoms with van der Waals surface area (Å²) in [5, 5.41) is 19.3. The number of fused-ring (bicyclic) bond motifs is 1. The average Bonchev–Trinajstić information content (AvgIpc) is 2.99. The molecule has 83 heavy (non-hydrogen) atoms. The number of rotatable bonds is 20. The lowest BCUT2D eigenvalue weighted by Crippen LogP contribution is -2.71. The van der Waals surface area contributed by atoms with Crippen LogP contribution in [0.5, 0.6) is 0 Å². The number of ether oxygens (including phenoxy) is 1. The maximum atomic E-state index is 15.0. The standard InChI is InChI=1S/C68H55N7O5S3/c1-46-43-81-63-58(62(77)75(63)59(46)64(78)80-60(47-26-10-2-11-27-47)48-28-12-3-13-29-48)71-61(76)57(56-45-83-66(70-56)73-68(52-36-20-7-21-37-52,53-38-22-8-23-39-53)54-40-24-9-25-41-54)74-79-42-55-44-82-65(69-55)72-67(49-30-14-4-15-31-49,50-32-16-5-17-33-50)51-34-18-6-19-35-51/h2-41,44-45,58,60,63H,42-43H2,1H3,(H,69,72)(H,70,73)(H,71,76)/b74-57-/t58?,63-/m1/s1. The summed E-state index contributed by atoms with van der Waals surface area (Å²) in [6.07, 6.45) is -0.724. The normalized spacial score (nSPS) is 15.2. The Morgan fingerprint density at radius 2 is 0.976 bits per heavy atom. The van der Waals surface area contributed by atoms with Crippen LogP contribution in [0.4, 0.5) is 10.3 Å². The van der Waals surface area contributed by atoms with Crippen molar-refractivity contribution >= 4 is 68.2 Å². The highest BCUT2D eigenvalue weighted by Crippen LogP contribution is 2.44. The van der Waals surface area contributed by atoms with Crippen molar-refractivity contribution in [1.29, 1.82) is 0 Å². The molecule has 0 bridgehead atoms. The van der Waals surface area contributed by atoms with Gasteiger partial charge in [-0.1, -0.05) is 248 Å². The highest BCUT2D eigenvalue weighted by Gasteiger charge is 2.54. The van der Waals surface area contributed by atoms with Crippen molar-refractivity contribution in [2.24, 2.45) is 5.16 Å². The van der Waals surface area contributed by atoms with Crippen LogP contribution in [-0.2, 0) is 41.6 Å². The van der Waals surface area contributed by atoms with Gasteiger partial charge in [-0.3, -0.25) is 14.5 Å². The van der Waals surface area contributed by atoms with Gasteiger partial charge in [0.1, 0.15) is 33.9 Å². The quantitative estimate of drug-likeness (QED) is 0.0222. The number of amides is 2. The van der Waals surface area contributed by atoms with E-state index in [1.165, 1.54) is 39.3 Å². The van der Waals surface area contributed by atoms with Crippen LogP contribution >= 0.6 is 34.4 Å². The van der Waals surface area contributed by atoms with Crippen LogP contribution in [0.2, 0.25) is 0 Å². The summed E-state index contributed by atoms with van der Waals surface area (Å²) in [7, 11) is 0. The number of hydrogen-bond acceptors (Lipinski definition) is 13. The molecule has 2 aliphatic rings. The number of β-lactam (4-membered cyclic amide) rings is 1. The molecule has 0 radical (unpaired) electrons. The number of nitrogens with zero attached hydrogens (tertiary/aromatic N) is 4. The topological polar surface area (TPSA) is 147 Å². The minimum atomic E-state index is -1.02. The van der Waals surface area contributed by atoms with Gasteiger partial charge in [0, 0.05) is 16.5 Å². The third kappa shape index (κ3) is 11.0. The van der Waals surface area contributed by atoms with E-state index in [0.29, 0.717) is 27.3 Å². The fourth-order valence-corrected chi connectivity index (χ4v) is 13.6. The van der Waals surface area contributed by atoms with Gasteiger partial charge < -0.3 is 25.5 Å². The first-order valence-corrected chi connectivity index (χ1v) is 29.9. The van der Waals surface area contributed by atoms with E-state index in [0.717, 1.165) is 44.5 Å². The second kappa shape index (κ2) is 24.4. The molecule has 2 atom stereocenters. The lowest BCUT2D eigenvalue weighted by molar-refractivity contribution is -0.154. The second-order valence-corrected chi connectivity index (χ2v) is 22.8. The molecular weight excluding hydrogens is 1090 g/mol. The molecule has 1 unspecified atom stereocenters. The molecule has 15 heteroatoms. The van der Waals surface area contributed by atoms with Crippen LogP contribution in [0, 0.1) is 0 Å². The van der Waals surface area contributed by atoms with Gasteiger partial charge >= 0.3 is 5.97 Å². The minimum absolute atomic E-state index is 0.102. The molecule has 0 saturated carbocycles. The van der Waals surface area contributed by atoms with Crippen molar-refractivity contribution in [2.75, 3.05) is 16.4 Å². The summed E-state index contributed by atoms with van der Waals surface area (Å²) in [4.78, 5) is 61.5. The van der Waals surface area contributed by atoms with Crippen molar-refractivity contribution in [1.82, 2.24) is 20.2 Å². The van der Waals surface area contributed by atoms with Gasteiger partial charge in [-0.15, -0.1) is 34.4 Å². The first-order valence-electron chi connectivity index (χ1n) is 27.1. The van der Waals surface area contributed by atoms with Gasteiger partial charge in [-0.2, -0.15) is 0 Å². The number of benzene rings is 8. The van der Waals surface area contributed by atoms with Gasteiger partial charge in [-0.05, 0) is 57.0 Å². The van der Waals surface area contributed by atoms with Crippen LogP contribution in [0.25, 0.3) is 0 Å². The zero-order valence-electron chi connectivity index (χ0n) is 44.9. The van der Waals surface area contributed by atoms with E-state index in [1.54, 1.807) is 5.38 Å². The molecule has 2 amide bonds. The molecule has 4 heterocycles. The lowest BCUT2D eigenvalue weighted by atomic mass is 9.77. The largest absolute Gasteiger partial charge is 0.448 e. The molecule has 1 fully saturated rings. The number of carbonyl (C=O) groups excluding carboxylic acids is 3. The summed E-state index contributed by atoms with van der Waals surface area (Å²) < 4.78 is 6.29. The summed E-state index contributed by atoms with van der Waals surface area (Å²) in [5.41, 5.74) is 7.30. The molecule has 8 aromatic carbocycles. The number of thioether (sulfide) groups is 1. The number of aromatic nitrogens is 2. The number of oxime groups is 1. The summed E-state index contributed by atoms with van der Waals surface area (Å²) in [6, 6.07) is 79.3. The SMILES string of the molecule is CC1=C(C(=O)OC(c2ccccc2)c2ccccc2)N2C(=O)C(NC(=O)/C(=N\OCc3csc(NC(c4ccccc4)(c4ccccc4)c4ccccc4)n3)c3csc(NC(c4ccccc4)(c4ccccc4)c4ccccc4)n3)[C@H]2SC1. The highest BCUT2D eigenvalue weighted by atomic mass is 32.2. The van der Waals surface area contributed by atoms with E-state index in [2.05, 4.69) is 93.9 Å². The molecule has 410 valence electrons. The molecular formula is C68H55N7O5S3. The van der Waals surface area contributed by atoms with Crippen LogP contribution < -0.4 is 16.0 Å². The summed E-state index contributed by atoms with van der Waals surface area (Å²) in [6.45, 7) is 1.72. The number of hydrogen-bond donors (Lipinski definition) is 3. The maximum Gasteiger partial charge on any atom is 0.356 e. The zero-order chi connectivity index (χ0) is 56.6. The van der Waals surface area contributed by atoms with E-state index in [-0.39, 0.29) is 23.7 Å². The third-order valence-corrected chi connectivity index (χ3v) is 17.8. The molecule has 1 saturated heterocycles. The number of esters is 1. The Hall–Kier alpha value is -9.41. The van der Waals surface area contributed by atoms with E-state index >= 15 is 0 Å². The van der Waals surface area contributed by atoms with Gasteiger partial charge in [0.25, 0.3) is 11.8 Å². The Morgan fingerprint density at radius 1 is 0.578 bits per heavy atom. The molecule has 10 aromatic rings. The first-order chi connectivity index (χ1) is 40.8. The fraction of sp³-hybridized carbons (Fsp3) is 0.118. The lowest BCUT2D eigenvalue weighted by Gasteiger charge is -2.49. The van der Waals surface area contributed by atoms with E-state index in [1.807, 2.05) is 182 Å². The predicted molar refractivity (Wildman–Crippen MR) is 330 cm³/mol. The molecule has 12 rings (SSSR count). The van der Waals surface area contributed by atoms with Crippen LogP contribution in [0.3, 0.4) is 0 Å². The Balaban J connectivity index is 0.850. The maximum absolute atomic E-state index is 15.0. The van der Waals surface area contributed by atoms with Crippen molar-refractivity contribution in [3.63, 3.8) is 0 Å². The highest BCUT2D eigenvalue weighted by molar-refractivity contribution is 8.00. The van der Waals surface area contributed by atoms with Gasteiger partial charge in [0.15, 0.2) is 28.7 Å². The third-order valence-electron chi connectivity index (χ3n) is 14.8. The van der Waals surface area contributed by atoms with Crippen LogP contribution in [0.1, 0.15) is 68.9 Å². The number of anilines is 2. The molecule has 3 N–H and O–H groups in total. The monoisotopic (exact) mass is 1150 g/mol. The predicted octanol–water partition coefficient (Wildman–Crippen LogP) is 13.3. The van der Waals surface area contributed by atoms with Gasteiger partial charge in [-0.25, -0.2) is 14.8 Å². The Morgan fingerprint density at radius 3 is 1.41 bits per heavy atom. The molecule has 0 spiro atoms. The Bertz CT molecular complexity index is 3680. The fourth-order valence-electron chi connectivity index (χ4n) is 10.8. The van der Waals surface area contributed by atoms with Gasteiger partial charge in [0.2, 0.25) is 0 Å². The second-order valence-electron chi connectivity index (χ2n) is 19.9. The number of carbonyl (C=O) groups is 3. The average molecular weight is 1150 g/mol. The van der Waals surface area contributed by atoms with E-state index in [4.69, 9.17) is 19.5 Å². The van der Waals surface area contributed by atoms with Crippen molar-refractivity contribution in [3.05, 3.63) is 321 Å². The number of nitrogens with one attached hydrogen (secondary N) is 3. The van der Waals surface area contributed by atoms with Crippen molar-refractivity contribution in [3.8, 4) is 0 Å². The van der Waals surface area contributed by atoms with E-state index < -0.39 is 46.4 Å². The van der Waals surface area contributed by atoms with Crippen molar-refractivity contribution < 1.29 is 24.0 Å². The smallest absolute Gasteiger partial charge is 0.356 e. The van der Waals surface area contributed by atoms with Crippen molar-refractivity contribution in [2.45, 2.75) is 42.1 Å². The zero-order valence-corrected chi connectivity index (χ0v) is 47.4. The van der Waals surface area contributed by atoms with Gasteiger partial charge in [0.05, 0.1) is 5.69 Å². The van der Waals surface area contributed by atoms with Crippen LogP contribution in [0.15, 0.2) is 270 Å². The summed E-state index contributed by atoms with van der Waals surface area (Å²) in [5.74, 6) is -1.36. The first kappa shape index (κ1) is 54.2. The Labute approximate surface area is 493 Å². The van der Waals surface area contributed by atoms with Crippen LogP contribution in [-0.4, -0.2) is 55.5 Å². The van der Waals surface area contributed by atoms with E-state index in [9.17, 15) is 14.4 Å². The molecule has 2 aromatic heterocycles. The molecule has 0 aliphatic carbocycles. The minimum Gasteiger partial charge on any atom is -0.448 e. The Kier molecular flexibility index (Phi) is 15.9. The molecule has 12 nitrogen and oxygen atoms in total. The summed E-state index contributed by atoms with van der Waals surface area (Å²) >= 11 is 4.19. The molecule has 2 aliphatic heterocycles. The number of thiazole rings is 2.